The fourth-order valence-corrected chi connectivity index (χ4v) is 2.53. The minimum Gasteiger partial charge on any atom is -0.442 e. The van der Waals surface area contributed by atoms with Crippen molar-refractivity contribution in [2.24, 2.45) is 11.3 Å². The van der Waals surface area contributed by atoms with Crippen molar-refractivity contribution in [3.05, 3.63) is 12.2 Å². The molecular weight excluding hydrogens is 266 g/mol. The standard InChI is InChI=1S/C17H29NO3/c1-12(2)18-16(20)21-14-9-7-6-8-13(10-11-14)15(19)17(3,4)5/h7,9,12-14H,6,8,10-11H2,1-5H3,(H,18,20)/b9-7+/t13-,14?/m0/s1. The second-order valence-electron chi connectivity index (χ2n) is 7.14. The summed E-state index contributed by atoms with van der Waals surface area (Å²) in [5.74, 6) is 0.373. The molecule has 2 atom stereocenters. The average Bonchev–Trinajstić information content (AvgIpc) is 2.30. The second-order valence-corrected chi connectivity index (χ2v) is 7.14. The second kappa shape index (κ2) is 7.62. The van der Waals surface area contributed by atoms with Crippen LogP contribution in [-0.2, 0) is 9.53 Å². The van der Waals surface area contributed by atoms with Crippen LogP contribution in [0.2, 0.25) is 0 Å². The molecule has 0 saturated heterocycles. The van der Waals surface area contributed by atoms with Crippen LogP contribution in [0.25, 0.3) is 0 Å². The van der Waals surface area contributed by atoms with E-state index in [9.17, 15) is 9.59 Å². The molecule has 4 heteroatoms. The number of hydrogen-bond acceptors (Lipinski definition) is 3. The summed E-state index contributed by atoms with van der Waals surface area (Å²) in [6, 6.07) is 0.0604. The fourth-order valence-electron chi connectivity index (χ4n) is 2.53. The third-order valence-corrected chi connectivity index (χ3v) is 3.61. The summed E-state index contributed by atoms with van der Waals surface area (Å²) in [5.41, 5.74) is -0.307. The van der Waals surface area contributed by atoms with Gasteiger partial charge >= 0.3 is 6.09 Å². The number of amides is 1. The first-order chi connectivity index (χ1) is 9.70. The number of carbonyl (C=O) groups is 2. The van der Waals surface area contributed by atoms with E-state index in [2.05, 4.69) is 5.32 Å². The molecule has 0 radical (unpaired) electrons. The molecular formula is C17H29NO3. The molecule has 1 N–H and O–H groups in total. The van der Waals surface area contributed by atoms with Crippen molar-refractivity contribution in [1.82, 2.24) is 5.32 Å². The number of alkyl carbamates (subject to hydrolysis) is 1. The van der Waals surface area contributed by atoms with Crippen LogP contribution in [-0.4, -0.2) is 24.0 Å². The number of ether oxygens (including phenoxy) is 1. The quantitative estimate of drug-likeness (QED) is 0.805. The summed E-state index contributed by atoms with van der Waals surface area (Å²) in [6.07, 6.45) is 6.57. The van der Waals surface area contributed by atoms with Gasteiger partial charge in [-0.05, 0) is 45.6 Å². The van der Waals surface area contributed by atoms with Crippen LogP contribution >= 0.6 is 0 Å². The molecule has 1 amide bonds. The average molecular weight is 295 g/mol. The number of hydrogen-bond donors (Lipinski definition) is 1. The Morgan fingerprint density at radius 2 is 1.86 bits per heavy atom. The van der Waals surface area contributed by atoms with Crippen LogP contribution in [0, 0.1) is 11.3 Å². The zero-order valence-corrected chi connectivity index (χ0v) is 13.9. The number of rotatable bonds is 3. The lowest BCUT2D eigenvalue weighted by molar-refractivity contribution is -0.131. The van der Waals surface area contributed by atoms with Gasteiger partial charge in [-0.1, -0.05) is 26.8 Å². The van der Waals surface area contributed by atoms with Gasteiger partial charge in [0.15, 0.2) is 0 Å². The third kappa shape index (κ3) is 6.32. The van der Waals surface area contributed by atoms with E-state index in [1.54, 1.807) is 0 Å². The Morgan fingerprint density at radius 1 is 1.19 bits per heavy atom. The first-order valence-corrected chi connectivity index (χ1v) is 7.88. The van der Waals surface area contributed by atoms with Crippen LogP contribution in [0.1, 0.15) is 60.3 Å². The van der Waals surface area contributed by atoms with Crippen molar-refractivity contribution in [2.45, 2.75) is 72.4 Å². The normalized spacial score (nSPS) is 24.9. The van der Waals surface area contributed by atoms with Crippen molar-refractivity contribution < 1.29 is 14.3 Å². The Morgan fingerprint density at radius 3 is 2.43 bits per heavy atom. The highest BCUT2D eigenvalue weighted by Gasteiger charge is 2.30. The molecule has 0 saturated carbocycles. The van der Waals surface area contributed by atoms with Gasteiger partial charge in [0.25, 0.3) is 0 Å². The lowest BCUT2D eigenvalue weighted by Crippen LogP contribution is -2.34. The zero-order valence-electron chi connectivity index (χ0n) is 13.9. The Hall–Kier alpha value is -1.32. The smallest absolute Gasteiger partial charge is 0.407 e. The maximum Gasteiger partial charge on any atom is 0.407 e. The van der Waals surface area contributed by atoms with Gasteiger partial charge in [-0.2, -0.15) is 0 Å². The summed E-state index contributed by atoms with van der Waals surface area (Å²) in [4.78, 5) is 24.1. The van der Waals surface area contributed by atoms with E-state index in [0.29, 0.717) is 12.2 Å². The predicted octanol–water partition coefficient (Wildman–Crippen LogP) is 3.85. The first kappa shape index (κ1) is 17.7. The summed E-state index contributed by atoms with van der Waals surface area (Å²) < 4.78 is 5.40. The van der Waals surface area contributed by atoms with E-state index in [-0.39, 0.29) is 29.6 Å². The van der Waals surface area contributed by atoms with Gasteiger partial charge in [0.1, 0.15) is 11.9 Å². The summed E-state index contributed by atoms with van der Waals surface area (Å²) >= 11 is 0. The lowest BCUT2D eigenvalue weighted by atomic mass is 9.78. The molecule has 0 fully saturated rings. The van der Waals surface area contributed by atoms with E-state index < -0.39 is 0 Å². The molecule has 4 nitrogen and oxygen atoms in total. The minimum atomic E-state index is -0.390. The van der Waals surface area contributed by atoms with Crippen molar-refractivity contribution in [3.8, 4) is 0 Å². The highest BCUT2D eigenvalue weighted by molar-refractivity contribution is 5.85. The van der Waals surface area contributed by atoms with E-state index in [1.165, 1.54) is 0 Å². The molecule has 1 unspecified atom stereocenters. The fraction of sp³-hybridized carbons (Fsp3) is 0.765. The monoisotopic (exact) mass is 295 g/mol. The number of Topliss-reactive ketones (excluding diaryl/α,β-unsaturated/α-hetero) is 1. The van der Waals surface area contributed by atoms with Crippen molar-refractivity contribution in [3.63, 3.8) is 0 Å². The molecule has 21 heavy (non-hydrogen) atoms. The largest absolute Gasteiger partial charge is 0.442 e. The zero-order chi connectivity index (χ0) is 16.0. The van der Waals surface area contributed by atoms with Crippen LogP contribution in [0.4, 0.5) is 4.79 Å². The van der Waals surface area contributed by atoms with E-state index in [1.807, 2.05) is 46.8 Å². The van der Waals surface area contributed by atoms with Gasteiger partial charge in [0.2, 0.25) is 0 Å². The molecule has 0 aliphatic heterocycles. The Kier molecular flexibility index (Phi) is 6.43. The van der Waals surface area contributed by atoms with Gasteiger partial charge < -0.3 is 10.1 Å². The molecule has 1 aliphatic rings. The molecule has 0 bridgehead atoms. The van der Waals surface area contributed by atoms with Gasteiger partial charge in [-0.15, -0.1) is 0 Å². The molecule has 1 aliphatic carbocycles. The van der Waals surface area contributed by atoms with Crippen LogP contribution in [0.3, 0.4) is 0 Å². The predicted molar refractivity (Wildman–Crippen MR) is 84.1 cm³/mol. The van der Waals surface area contributed by atoms with Gasteiger partial charge in [-0.25, -0.2) is 4.79 Å². The van der Waals surface area contributed by atoms with Crippen LogP contribution in [0.5, 0.6) is 0 Å². The highest BCUT2D eigenvalue weighted by Crippen LogP contribution is 2.28. The molecule has 0 heterocycles. The molecule has 0 aromatic heterocycles. The van der Waals surface area contributed by atoms with E-state index in [0.717, 1.165) is 19.3 Å². The van der Waals surface area contributed by atoms with Gasteiger partial charge in [-0.3, -0.25) is 4.79 Å². The Labute approximate surface area is 128 Å². The molecule has 1 rings (SSSR count). The Balaban J connectivity index is 2.59. The number of ketones is 1. The maximum atomic E-state index is 12.4. The maximum absolute atomic E-state index is 12.4. The molecule has 0 spiro atoms. The topological polar surface area (TPSA) is 55.4 Å². The number of nitrogens with one attached hydrogen (secondary N) is 1. The summed E-state index contributed by atoms with van der Waals surface area (Å²) in [6.45, 7) is 9.69. The van der Waals surface area contributed by atoms with Crippen LogP contribution < -0.4 is 5.32 Å². The van der Waals surface area contributed by atoms with E-state index >= 15 is 0 Å². The lowest BCUT2D eigenvalue weighted by Gasteiger charge is -2.27. The number of allylic oxidation sites excluding steroid dienone is 1. The highest BCUT2D eigenvalue weighted by atomic mass is 16.6. The summed E-state index contributed by atoms with van der Waals surface area (Å²) in [5, 5.41) is 2.72. The van der Waals surface area contributed by atoms with E-state index in [4.69, 9.17) is 4.74 Å². The number of carbonyl (C=O) groups excluding carboxylic acids is 2. The third-order valence-electron chi connectivity index (χ3n) is 3.61. The Bertz CT molecular complexity index is 393. The minimum absolute atomic E-state index is 0.0604. The molecule has 0 aromatic carbocycles. The van der Waals surface area contributed by atoms with Crippen LogP contribution in [0.15, 0.2) is 12.2 Å². The van der Waals surface area contributed by atoms with Crippen molar-refractivity contribution >= 4 is 11.9 Å². The SMILES string of the molecule is CC(C)NC(=O)OC1/C=C/CC[C@H](C(=O)C(C)(C)C)CC1. The summed E-state index contributed by atoms with van der Waals surface area (Å²) in [7, 11) is 0. The van der Waals surface area contributed by atoms with Gasteiger partial charge in [0, 0.05) is 17.4 Å². The molecule has 120 valence electrons. The van der Waals surface area contributed by atoms with Crippen molar-refractivity contribution in [2.75, 3.05) is 0 Å². The first-order valence-electron chi connectivity index (χ1n) is 7.88. The van der Waals surface area contributed by atoms with Crippen molar-refractivity contribution in [1.29, 1.82) is 0 Å². The molecule has 0 aromatic rings. The van der Waals surface area contributed by atoms with Gasteiger partial charge in [0.05, 0.1) is 0 Å².